The van der Waals surface area contributed by atoms with Gasteiger partial charge in [0.2, 0.25) is 0 Å². The van der Waals surface area contributed by atoms with Gasteiger partial charge in [-0.15, -0.1) is 0 Å². The maximum absolute atomic E-state index is 14.0. The van der Waals surface area contributed by atoms with E-state index in [1.165, 1.54) is 48.9 Å². The molecular weight excluding hydrogens is 393 g/mol. The van der Waals surface area contributed by atoms with Gasteiger partial charge in [0.05, 0.1) is 30.8 Å². The van der Waals surface area contributed by atoms with Crippen LogP contribution in [0.15, 0.2) is 77.7 Å². The third kappa shape index (κ3) is 4.19. The van der Waals surface area contributed by atoms with Gasteiger partial charge < -0.3 is 9.47 Å². The summed E-state index contributed by atoms with van der Waals surface area (Å²) in [7, 11) is -0.983. The number of hydrogen-bond donors (Lipinski definition) is 0. The SMILES string of the molecule is COc1ccc(S(=O)(=O)N(c2cccc(F)c2)C(C)c2ccccc2OC)cc1. The summed E-state index contributed by atoms with van der Waals surface area (Å²) < 4.78 is 52.9. The minimum Gasteiger partial charge on any atom is -0.497 e. The molecule has 0 fully saturated rings. The fourth-order valence-corrected chi connectivity index (χ4v) is 4.81. The van der Waals surface area contributed by atoms with E-state index in [1.807, 2.05) is 0 Å². The van der Waals surface area contributed by atoms with Gasteiger partial charge in [-0.25, -0.2) is 12.8 Å². The molecule has 0 heterocycles. The second-order valence-electron chi connectivity index (χ2n) is 6.37. The molecule has 7 heteroatoms. The van der Waals surface area contributed by atoms with Crippen LogP contribution in [0.1, 0.15) is 18.5 Å². The van der Waals surface area contributed by atoms with E-state index in [4.69, 9.17) is 9.47 Å². The zero-order chi connectivity index (χ0) is 21.0. The number of rotatable bonds is 7. The van der Waals surface area contributed by atoms with Crippen LogP contribution < -0.4 is 13.8 Å². The van der Waals surface area contributed by atoms with Gasteiger partial charge in [0, 0.05) is 5.56 Å². The van der Waals surface area contributed by atoms with E-state index >= 15 is 0 Å². The van der Waals surface area contributed by atoms with Crippen molar-refractivity contribution >= 4 is 15.7 Å². The molecule has 3 rings (SSSR count). The van der Waals surface area contributed by atoms with Crippen molar-refractivity contribution in [3.63, 3.8) is 0 Å². The maximum Gasteiger partial charge on any atom is 0.264 e. The average molecular weight is 415 g/mol. The number of hydrogen-bond acceptors (Lipinski definition) is 4. The van der Waals surface area contributed by atoms with Gasteiger partial charge in [0.25, 0.3) is 10.0 Å². The predicted molar refractivity (Wildman–Crippen MR) is 110 cm³/mol. The van der Waals surface area contributed by atoms with Gasteiger partial charge in [0.1, 0.15) is 17.3 Å². The summed E-state index contributed by atoms with van der Waals surface area (Å²) >= 11 is 0. The maximum atomic E-state index is 14.0. The minimum atomic E-state index is -4.01. The van der Waals surface area contributed by atoms with Crippen molar-refractivity contribution in [1.82, 2.24) is 0 Å². The fourth-order valence-electron chi connectivity index (χ4n) is 3.18. The van der Waals surface area contributed by atoms with Crippen LogP contribution in [0.25, 0.3) is 0 Å². The minimum absolute atomic E-state index is 0.0734. The number of para-hydroxylation sites is 1. The molecule has 0 N–H and O–H groups in total. The molecule has 0 aliphatic rings. The van der Waals surface area contributed by atoms with Crippen LogP contribution in [0.4, 0.5) is 10.1 Å². The number of nitrogens with zero attached hydrogens (tertiary/aromatic N) is 1. The van der Waals surface area contributed by atoms with Gasteiger partial charge >= 0.3 is 0 Å². The van der Waals surface area contributed by atoms with E-state index in [2.05, 4.69) is 0 Å². The highest BCUT2D eigenvalue weighted by molar-refractivity contribution is 7.92. The molecule has 0 spiro atoms. The molecule has 0 saturated heterocycles. The first-order valence-electron chi connectivity index (χ1n) is 8.95. The number of halogens is 1. The van der Waals surface area contributed by atoms with Crippen LogP contribution in [-0.2, 0) is 10.0 Å². The molecular formula is C22H22FNO4S. The lowest BCUT2D eigenvalue weighted by Crippen LogP contribution is -2.34. The quantitative estimate of drug-likeness (QED) is 0.556. The lowest BCUT2D eigenvalue weighted by atomic mass is 10.1. The molecule has 5 nitrogen and oxygen atoms in total. The molecule has 3 aromatic carbocycles. The highest BCUT2D eigenvalue weighted by atomic mass is 32.2. The standard InChI is InChI=1S/C22H22FNO4S/c1-16(21-9-4-5-10-22(21)28-3)24(18-8-6-7-17(23)15-18)29(25,26)20-13-11-19(27-2)12-14-20/h4-16H,1-3H3. The Balaban J connectivity index is 2.17. The van der Waals surface area contributed by atoms with Gasteiger partial charge in [-0.2, -0.15) is 0 Å². The van der Waals surface area contributed by atoms with Gasteiger partial charge in [-0.1, -0.05) is 24.3 Å². The van der Waals surface area contributed by atoms with E-state index in [1.54, 1.807) is 49.4 Å². The van der Waals surface area contributed by atoms with Gasteiger partial charge in [-0.3, -0.25) is 4.31 Å². The normalized spacial score (nSPS) is 12.3. The zero-order valence-electron chi connectivity index (χ0n) is 16.4. The summed E-state index contributed by atoms with van der Waals surface area (Å²) in [5, 5.41) is 0. The Kier molecular flexibility index (Phi) is 6.08. The molecule has 3 aromatic rings. The molecule has 1 atom stereocenters. The number of methoxy groups -OCH3 is 2. The van der Waals surface area contributed by atoms with Crippen molar-refractivity contribution < 1.29 is 22.3 Å². The molecule has 29 heavy (non-hydrogen) atoms. The van der Waals surface area contributed by atoms with Gasteiger partial charge in [-0.05, 0) is 55.5 Å². The average Bonchev–Trinajstić information content (AvgIpc) is 2.73. The van der Waals surface area contributed by atoms with E-state index in [0.29, 0.717) is 17.1 Å². The highest BCUT2D eigenvalue weighted by Crippen LogP contribution is 2.37. The summed E-state index contributed by atoms with van der Waals surface area (Å²) in [6, 6.07) is 18.1. The number of sulfonamides is 1. The smallest absolute Gasteiger partial charge is 0.264 e. The fraction of sp³-hybridized carbons (Fsp3) is 0.182. The summed E-state index contributed by atoms with van der Waals surface area (Å²) in [6.07, 6.45) is 0. The molecule has 0 amide bonds. The third-order valence-electron chi connectivity index (χ3n) is 4.62. The van der Waals surface area contributed by atoms with Crippen LogP contribution in [0.5, 0.6) is 11.5 Å². The zero-order valence-corrected chi connectivity index (χ0v) is 17.2. The first kappa shape index (κ1) is 20.7. The Morgan fingerprint density at radius 2 is 1.59 bits per heavy atom. The van der Waals surface area contributed by atoms with E-state index in [-0.39, 0.29) is 10.6 Å². The van der Waals surface area contributed by atoms with Crippen molar-refractivity contribution in [2.45, 2.75) is 17.9 Å². The molecule has 0 bridgehead atoms. The molecule has 0 aliphatic heterocycles. The molecule has 152 valence electrons. The highest BCUT2D eigenvalue weighted by Gasteiger charge is 2.32. The lowest BCUT2D eigenvalue weighted by molar-refractivity contribution is 0.407. The van der Waals surface area contributed by atoms with Gasteiger partial charge in [0.15, 0.2) is 0 Å². The number of anilines is 1. The summed E-state index contributed by atoms with van der Waals surface area (Å²) in [5.74, 6) is 0.565. The Morgan fingerprint density at radius 1 is 0.897 bits per heavy atom. The van der Waals surface area contributed by atoms with Crippen molar-refractivity contribution in [3.05, 3.63) is 84.2 Å². The summed E-state index contributed by atoms with van der Waals surface area (Å²) in [5.41, 5.74) is 0.885. The second kappa shape index (κ2) is 8.53. The molecule has 0 aliphatic carbocycles. The van der Waals surface area contributed by atoms with Crippen LogP contribution in [0.2, 0.25) is 0 Å². The van der Waals surface area contributed by atoms with E-state index < -0.39 is 21.9 Å². The topological polar surface area (TPSA) is 55.8 Å². The first-order chi connectivity index (χ1) is 13.9. The lowest BCUT2D eigenvalue weighted by Gasteiger charge is -2.31. The van der Waals surface area contributed by atoms with Crippen LogP contribution >= 0.6 is 0 Å². The first-order valence-corrected chi connectivity index (χ1v) is 10.4. The number of ether oxygens (including phenoxy) is 2. The molecule has 0 saturated carbocycles. The number of benzene rings is 3. The van der Waals surface area contributed by atoms with Crippen molar-refractivity contribution in [1.29, 1.82) is 0 Å². The van der Waals surface area contributed by atoms with E-state index in [9.17, 15) is 12.8 Å². The monoisotopic (exact) mass is 415 g/mol. The van der Waals surface area contributed by atoms with Crippen LogP contribution in [0.3, 0.4) is 0 Å². The summed E-state index contributed by atoms with van der Waals surface area (Å²) in [6.45, 7) is 1.74. The van der Waals surface area contributed by atoms with Crippen molar-refractivity contribution in [2.24, 2.45) is 0 Å². The van der Waals surface area contributed by atoms with Crippen molar-refractivity contribution in [2.75, 3.05) is 18.5 Å². The largest absolute Gasteiger partial charge is 0.497 e. The second-order valence-corrected chi connectivity index (χ2v) is 8.19. The van der Waals surface area contributed by atoms with Crippen LogP contribution in [0, 0.1) is 5.82 Å². The molecule has 1 unspecified atom stereocenters. The Bertz CT molecular complexity index is 1080. The Hall–Kier alpha value is -3.06. The van der Waals surface area contributed by atoms with Crippen molar-refractivity contribution in [3.8, 4) is 11.5 Å². The molecule has 0 aromatic heterocycles. The van der Waals surface area contributed by atoms with E-state index in [0.717, 1.165) is 0 Å². The Labute approximate surface area is 170 Å². The molecule has 0 radical (unpaired) electrons. The Morgan fingerprint density at radius 3 is 2.21 bits per heavy atom. The predicted octanol–water partition coefficient (Wildman–Crippen LogP) is 4.80. The summed E-state index contributed by atoms with van der Waals surface area (Å²) in [4.78, 5) is 0.0734. The van der Waals surface area contributed by atoms with Crippen LogP contribution in [-0.4, -0.2) is 22.6 Å². The third-order valence-corrected chi connectivity index (χ3v) is 6.53.